The van der Waals surface area contributed by atoms with E-state index in [1.165, 1.54) is 36.0 Å². The summed E-state index contributed by atoms with van der Waals surface area (Å²) in [5, 5.41) is 3.44. The maximum atomic E-state index is 5.85. The molecule has 2 atom stereocenters. The lowest BCUT2D eigenvalue weighted by molar-refractivity contribution is 0.00547. The summed E-state index contributed by atoms with van der Waals surface area (Å²) in [4.78, 5) is 0. The molecule has 0 saturated carbocycles. The van der Waals surface area contributed by atoms with Gasteiger partial charge in [0.25, 0.3) is 0 Å². The molecule has 0 aromatic heterocycles. The first-order valence-corrected chi connectivity index (χ1v) is 7.06. The second kappa shape index (κ2) is 6.35. The molecule has 0 aliphatic carbocycles. The van der Waals surface area contributed by atoms with Gasteiger partial charge in [-0.05, 0) is 52.1 Å². The number of aryl methyl sites for hydroxylation is 2. The van der Waals surface area contributed by atoms with Gasteiger partial charge in [0.1, 0.15) is 0 Å². The molecule has 2 heteroatoms. The number of ether oxygens (including phenoxy) is 1. The molecule has 1 aliphatic rings. The molecule has 0 radical (unpaired) electrons. The Labute approximate surface area is 111 Å². The van der Waals surface area contributed by atoms with Gasteiger partial charge < -0.3 is 10.1 Å². The summed E-state index contributed by atoms with van der Waals surface area (Å²) in [5.41, 5.74) is 4.08. The van der Waals surface area contributed by atoms with E-state index in [-0.39, 0.29) is 0 Å². The number of nitrogens with one attached hydrogen (secondary N) is 1. The maximum Gasteiger partial charge on any atom is 0.0593 e. The predicted molar refractivity (Wildman–Crippen MR) is 75.9 cm³/mol. The Morgan fingerprint density at radius 2 is 1.94 bits per heavy atom. The summed E-state index contributed by atoms with van der Waals surface area (Å²) in [6.45, 7) is 5.27. The second-order valence-electron chi connectivity index (χ2n) is 5.49. The van der Waals surface area contributed by atoms with Gasteiger partial charge in [0.05, 0.1) is 6.10 Å². The van der Waals surface area contributed by atoms with Crippen LogP contribution in [0.1, 0.15) is 48.4 Å². The summed E-state index contributed by atoms with van der Waals surface area (Å²) < 4.78 is 5.85. The van der Waals surface area contributed by atoms with Gasteiger partial charge in [-0.25, -0.2) is 0 Å². The highest BCUT2D eigenvalue weighted by atomic mass is 16.5. The molecular weight excluding hydrogens is 222 g/mol. The molecular formula is C16H25NO. The Bertz CT molecular complexity index is 362. The summed E-state index contributed by atoms with van der Waals surface area (Å²) >= 11 is 0. The number of hydrogen-bond donors (Lipinski definition) is 1. The summed E-state index contributed by atoms with van der Waals surface area (Å²) in [6.07, 6.45) is 5.26. The van der Waals surface area contributed by atoms with E-state index in [0.29, 0.717) is 12.1 Å². The third-order valence-electron chi connectivity index (χ3n) is 3.77. The van der Waals surface area contributed by atoms with Crippen molar-refractivity contribution in [2.45, 2.75) is 51.7 Å². The third-order valence-corrected chi connectivity index (χ3v) is 3.77. The Hall–Kier alpha value is -0.860. The van der Waals surface area contributed by atoms with E-state index in [0.717, 1.165) is 13.0 Å². The molecule has 0 spiro atoms. The first-order chi connectivity index (χ1) is 8.69. The minimum absolute atomic E-state index is 0.409. The molecule has 2 rings (SSSR count). The highest BCUT2D eigenvalue weighted by Gasteiger charge is 2.19. The molecule has 1 N–H and O–H groups in total. The molecule has 1 aromatic carbocycles. The average molecular weight is 247 g/mol. The molecule has 2 unspecified atom stereocenters. The van der Waals surface area contributed by atoms with Gasteiger partial charge in [-0.3, -0.25) is 0 Å². The number of hydrogen-bond acceptors (Lipinski definition) is 2. The van der Waals surface area contributed by atoms with Crippen molar-refractivity contribution in [3.8, 4) is 0 Å². The van der Waals surface area contributed by atoms with E-state index in [4.69, 9.17) is 4.74 Å². The smallest absolute Gasteiger partial charge is 0.0593 e. The molecule has 0 bridgehead atoms. The SMILES string of the molecule is CNC(CC1CCCCO1)c1cc(C)cc(C)c1. The largest absolute Gasteiger partial charge is 0.378 e. The monoisotopic (exact) mass is 247 g/mol. The minimum atomic E-state index is 0.409. The zero-order chi connectivity index (χ0) is 13.0. The van der Waals surface area contributed by atoms with E-state index in [1.54, 1.807) is 0 Å². The van der Waals surface area contributed by atoms with Crippen LogP contribution in [0.25, 0.3) is 0 Å². The quantitative estimate of drug-likeness (QED) is 0.879. The van der Waals surface area contributed by atoms with Gasteiger partial charge in [0.2, 0.25) is 0 Å². The zero-order valence-electron chi connectivity index (χ0n) is 11.8. The molecule has 1 saturated heterocycles. The van der Waals surface area contributed by atoms with Crippen LogP contribution in [0.3, 0.4) is 0 Å². The Kier molecular flexibility index (Phi) is 4.79. The van der Waals surface area contributed by atoms with Crippen LogP contribution in [0.15, 0.2) is 18.2 Å². The molecule has 2 nitrogen and oxygen atoms in total. The molecule has 1 heterocycles. The zero-order valence-corrected chi connectivity index (χ0v) is 11.8. The highest BCUT2D eigenvalue weighted by molar-refractivity contribution is 5.30. The van der Waals surface area contributed by atoms with Crippen molar-refractivity contribution in [1.29, 1.82) is 0 Å². The van der Waals surface area contributed by atoms with Crippen LogP contribution in [-0.4, -0.2) is 19.8 Å². The van der Waals surface area contributed by atoms with E-state index >= 15 is 0 Å². The van der Waals surface area contributed by atoms with E-state index < -0.39 is 0 Å². The molecule has 1 fully saturated rings. The van der Waals surface area contributed by atoms with Crippen LogP contribution in [0.4, 0.5) is 0 Å². The fraction of sp³-hybridized carbons (Fsp3) is 0.625. The molecule has 1 aromatic rings. The molecule has 100 valence electrons. The lowest BCUT2D eigenvalue weighted by Gasteiger charge is -2.27. The van der Waals surface area contributed by atoms with Crippen LogP contribution in [-0.2, 0) is 4.74 Å². The molecule has 0 amide bonds. The van der Waals surface area contributed by atoms with Crippen molar-refractivity contribution in [1.82, 2.24) is 5.32 Å². The van der Waals surface area contributed by atoms with Gasteiger partial charge in [0, 0.05) is 12.6 Å². The van der Waals surface area contributed by atoms with Crippen LogP contribution in [0.2, 0.25) is 0 Å². The van der Waals surface area contributed by atoms with E-state index in [2.05, 4.69) is 37.4 Å². The normalized spacial score (nSPS) is 21.8. The average Bonchev–Trinajstić information content (AvgIpc) is 2.36. The lowest BCUT2D eigenvalue weighted by Crippen LogP contribution is -2.27. The third kappa shape index (κ3) is 3.56. The first-order valence-electron chi connectivity index (χ1n) is 7.06. The minimum Gasteiger partial charge on any atom is -0.378 e. The topological polar surface area (TPSA) is 21.3 Å². The van der Waals surface area contributed by atoms with Gasteiger partial charge in [0.15, 0.2) is 0 Å². The van der Waals surface area contributed by atoms with Gasteiger partial charge in [-0.1, -0.05) is 29.3 Å². The van der Waals surface area contributed by atoms with Crippen molar-refractivity contribution in [2.24, 2.45) is 0 Å². The Morgan fingerprint density at radius 1 is 1.22 bits per heavy atom. The van der Waals surface area contributed by atoms with Gasteiger partial charge in [-0.15, -0.1) is 0 Å². The van der Waals surface area contributed by atoms with Crippen molar-refractivity contribution in [2.75, 3.05) is 13.7 Å². The van der Waals surface area contributed by atoms with Crippen LogP contribution in [0.5, 0.6) is 0 Å². The van der Waals surface area contributed by atoms with Crippen molar-refractivity contribution in [3.63, 3.8) is 0 Å². The van der Waals surface area contributed by atoms with Gasteiger partial charge >= 0.3 is 0 Å². The van der Waals surface area contributed by atoms with Crippen molar-refractivity contribution < 1.29 is 4.74 Å². The summed E-state index contributed by atoms with van der Waals surface area (Å²) in [5.74, 6) is 0. The standard InChI is InChI=1S/C16H25NO/c1-12-8-13(2)10-14(9-12)16(17-3)11-15-6-4-5-7-18-15/h8-10,15-17H,4-7,11H2,1-3H3. The number of benzene rings is 1. The fourth-order valence-electron chi connectivity index (χ4n) is 2.89. The van der Waals surface area contributed by atoms with Crippen molar-refractivity contribution >= 4 is 0 Å². The van der Waals surface area contributed by atoms with Crippen LogP contribution >= 0.6 is 0 Å². The predicted octanol–water partition coefficient (Wildman–Crippen LogP) is 3.52. The Balaban J connectivity index is 2.06. The van der Waals surface area contributed by atoms with Crippen LogP contribution < -0.4 is 5.32 Å². The lowest BCUT2D eigenvalue weighted by atomic mass is 9.94. The maximum absolute atomic E-state index is 5.85. The Morgan fingerprint density at radius 3 is 2.50 bits per heavy atom. The summed E-state index contributed by atoms with van der Waals surface area (Å²) in [7, 11) is 2.05. The van der Waals surface area contributed by atoms with E-state index in [1.807, 2.05) is 7.05 Å². The van der Waals surface area contributed by atoms with Gasteiger partial charge in [-0.2, -0.15) is 0 Å². The highest BCUT2D eigenvalue weighted by Crippen LogP contribution is 2.25. The van der Waals surface area contributed by atoms with E-state index in [9.17, 15) is 0 Å². The fourth-order valence-corrected chi connectivity index (χ4v) is 2.89. The summed E-state index contributed by atoms with van der Waals surface area (Å²) in [6, 6.07) is 7.22. The molecule has 1 aliphatic heterocycles. The number of rotatable bonds is 4. The first kappa shape index (κ1) is 13.6. The van der Waals surface area contributed by atoms with Crippen molar-refractivity contribution in [3.05, 3.63) is 34.9 Å². The van der Waals surface area contributed by atoms with Crippen LogP contribution in [0, 0.1) is 13.8 Å². The second-order valence-corrected chi connectivity index (χ2v) is 5.49. The molecule has 18 heavy (non-hydrogen) atoms.